The third-order valence-corrected chi connectivity index (χ3v) is 3.72. The number of nitrogens with zero attached hydrogens (tertiary/aromatic N) is 3. The highest BCUT2D eigenvalue weighted by molar-refractivity contribution is 5.94. The summed E-state index contributed by atoms with van der Waals surface area (Å²) in [4.78, 5) is 17.8. The van der Waals surface area contributed by atoms with Crippen molar-refractivity contribution in [2.75, 3.05) is 27.4 Å². The number of allylic oxidation sites excluding steroid dienone is 1. The number of methoxy groups -OCH3 is 2. The van der Waals surface area contributed by atoms with E-state index in [0.717, 1.165) is 12.0 Å². The molecule has 0 spiro atoms. The molecule has 1 aliphatic rings. The second kappa shape index (κ2) is 9.28. The Bertz CT molecular complexity index is 774. The number of benzene rings is 1. The summed E-state index contributed by atoms with van der Waals surface area (Å²) in [5, 5.41) is 9.13. The van der Waals surface area contributed by atoms with Gasteiger partial charge < -0.3 is 19.1 Å². The Morgan fingerprint density at radius 2 is 2.04 bits per heavy atom. The van der Waals surface area contributed by atoms with E-state index in [4.69, 9.17) is 19.5 Å². The van der Waals surface area contributed by atoms with Crippen molar-refractivity contribution in [3.63, 3.8) is 0 Å². The molecule has 0 N–H and O–H groups in total. The number of esters is 1. The standard InChI is InChI=1S/C19H21N3O4/c1-4-26-19(23)15(12-20)16-8-10-22(13-21-16)9-7-14-5-6-17(24-2)18(11-14)25-3/h5-6,8,10-11,13H,4,7,9H2,1-3H3/b16-15-. The highest BCUT2D eigenvalue weighted by Crippen LogP contribution is 2.27. The number of carbonyl (C=O) groups is 1. The predicted molar refractivity (Wildman–Crippen MR) is 96.9 cm³/mol. The van der Waals surface area contributed by atoms with Crippen LogP contribution in [0.4, 0.5) is 0 Å². The van der Waals surface area contributed by atoms with Crippen LogP contribution in [-0.2, 0) is 16.0 Å². The van der Waals surface area contributed by atoms with Crippen LogP contribution in [0.2, 0.25) is 0 Å². The van der Waals surface area contributed by atoms with E-state index in [0.29, 0.717) is 23.7 Å². The van der Waals surface area contributed by atoms with Crippen molar-refractivity contribution in [3.05, 3.63) is 47.3 Å². The lowest BCUT2D eigenvalue weighted by Gasteiger charge is -2.18. The van der Waals surface area contributed by atoms with Gasteiger partial charge in [-0.25, -0.2) is 9.79 Å². The summed E-state index contributed by atoms with van der Waals surface area (Å²) in [5.41, 5.74) is 1.29. The zero-order valence-corrected chi connectivity index (χ0v) is 15.1. The van der Waals surface area contributed by atoms with Crippen molar-refractivity contribution < 1.29 is 19.0 Å². The number of carbonyl (C=O) groups excluding carboxylic acids is 1. The van der Waals surface area contributed by atoms with Gasteiger partial charge in [0.05, 0.1) is 32.9 Å². The van der Waals surface area contributed by atoms with Gasteiger partial charge >= 0.3 is 5.97 Å². The first-order valence-corrected chi connectivity index (χ1v) is 8.13. The van der Waals surface area contributed by atoms with Gasteiger partial charge in [-0.1, -0.05) is 6.07 Å². The van der Waals surface area contributed by atoms with E-state index in [1.54, 1.807) is 39.8 Å². The molecule has 0 atom stereocenters. The van der Waals surface area contributed by atoms with E-state index < -0.39 is 5.97 Å². The van der Waals surface area contributed by atoms with Crippen LogP contribution in [0.25, 0.3) is 0 Å². The summed E-state index contributed by atoms with van der Waals surface area (Å²) in [6.45, 7) is 2.58. The van der Waals surface area contributed by atoms with E-state index in [9.17, 15) is 4.79 Å². The molecular formula is C19H21N3O4. The largest absolute Gasteiger partial charge is 0.493 e. The molecule has 0 fully saturated rings. The average Bonchev–Trinajstić information content (AvgIpc) is 2.67. The Kier molecular flexibility index (Phi) is 6.80. The number of ether oxygens (including phenoxy) is 3. The van der Waals surface area contributed by atoms with Crippen molar-refractivity contribution in [1.29, 1.82) is 5.26 Å². The number of rotatable bonds is 7. The molecule has 2 rings (SSSR count). The summed E-state index contributed by atoms with van der Waals surface area (Å²) >= 11 is 0. The van der Waals surface area contributed by atoms with Crippen LogP contribution in [0.15, 0.2) is 46.7 Å². The molecule has 1 aromatic rings. The van der Waals surface area contributed by atoms with Gasteiger partial charge in [-0.2, -0.15) is 5.26 Å². The lowest BCUT2D eigenvalue weighted by molar-refractivity contribution is -0.138. The molecule has 7 nitrogen and oxygen atoms in total. The Labute approximate surface area is 152 Å². The van der Waals surface area contributed by atoms with Crippen LogP contribution in [0.1, 0.15) is 12.5 Å². The molecule has 0 aliphatic carbocycles. The maximum atomic E-state index is 11.7. The lowest BCUT2D eigenvalue weighted by Crippen LogP contribution is -2.21. The van der Waals surface area contributed by atoms with E-state index in [-0.39, 0.29) is 12.2 Å². The lowest BCUT2D eigenvalue weighted by atomic mass is 10.1. The number of hydrogen-bond donors (Lipinski definition) is 0. The molecule has 0 radical (unpaired) electrons. The van der Waals surface area contributed by atoms with Crippen LogP contribution < -0.4 is 9.47 Å². The van der Waals surface area contributed by atoms with Gasteiger partial charge in [0, 0.05) is 12.7 Å². The average molecular weight is 355 g/mol. The fraction of sp³-hybridized carbons (Fsp3) is 0.316. The fourth-order valence-electron chi connectivity index (χ4n) is 2.37. The molecule has 1 heterocycles. The van der Waals surface area contributed by atoms with Gasteiger partial charge in [0.1, 0.15) is 6.07 Å². The molecule has 0 saturated heterocycles. The summed E-state index contributed by atoms with van der Waals surface area (Å²) in [7, 11) is 3.20. The van der Waals surface area contributed by atoms with Gasteiger partial charge in [0.2, 0.25) is 0 Å². The second-order valence-electron chi connectivity index (χ2n) is 5.33. The first-order valence-electron chi connectivity index (χ1n) is 8.13. The molecule has 1 aromatic carbocycles. The van der Waals surface area contributed by atoms with Crippen LogP contribution in [-0.4, -0.2) is 44.6 Å². The minimum Gasteiger partial charge on any atom is -0.493 e. The number of aliphatic imine (C=N–C) groups is 1. The third-order valence-electron chi connectivity index (χ3n) is 3.72. The zero-order chi connectivity index (χ0) is 18.9. The first kappa shape index (κ1) is 19.1. The molecule has 0 bridgehead atoms. The predicted octanol–water partition coefficient (Wildman–Crippen LogP) is 2.44. The van der Waals surface area contributed by atoms with Crippen LogP contribution in [0.3, 0.4) is 0 Å². The Morgan fingerprint density at radius 3 is 2.62 bits per heavy atom. The van der Waals surface area contributed by atoms with Gasteiger partial charge in [0.25, 0.3) is 0 Å². The quantitative estimate of drug-likeness (QED) is 0.424. The maximum absolute atomic E-state index is 11.7. The Hall–Kier alpha value is -3.27. The minimum absolute atomic E-state index is 0.0982. The zero-order valence-electron chi connectivity index (χ0n) is 15.1. The first-order chi connectivity index (χ1) is 12.6. The van der Waals surface area contributed by atoms with Gasteiger partial charge in [-0.15, -0.1) is 0 Å². The third kappa shape index (κ3) is 4.63. The van der Waals surface area contributed by atoms with Crippen molar-refractivity contribution >= 4 is 12.3 Å². The Morgan fingerprint density at radius 1 is 1.27 bits per heavy atom. The highest BCUT2D eigenvalue weighted by atomic mass is 16.5. The van der Waals surface area contributed by atoms with Gasteiger partial charge in [-0.3, -0.25) is 0 Å². The van der Waals surface area contributed by atoms with E-state index in [2.05, 4.69) is 4.99 Å². The van der Waals surface area contributed by atoms with Crippen LogP contribution >= 0.6 is 0 Å². The summed E-state index contributed by atoms with van der Waals surface area (Å²) < 4.78 is 15.4. The highest BCUT2D eigenvalue weighted by Gasteiger charge is 2.16. The fourth-order valence-corrected chi connectivity index (χ4v) is 2.37. The van der Waals surface area contributed by atoms with Gasteiger partial charge in [0.15, 0.2) is 17.1 Å². The van der Waals surface area contributed by atoms with Crippen LogP contribution in [0, 0.1) is 11.3 Å². The summed E-state index contributed by atoms with van der Waals surface area (Å²) in [6, 6.07) is 7.63. The summed E-state index contributed by atoms with van der Waals surface area (Å²) in [5.74, 6) is 0.713. The number of hydrogen-bond acceptors (Lipinski definition) is 7. The van der Waals surface area contributed by atoms with Crippen molar-refractivity contribution in [2.45, 2.75) is 13.3 Å². The molecule has 7 heteroatoms. The maximum Gasteiger partial charge on any atom is 0.351 e. The van der Waals surface area contributed by atoms with E-state index >= 15 is 0 Å². The number of nitriles is 1. The molecule has 0 unspecified atom stereocenters. The normalized spacial score (nSPS) is 14.6. The topological polar surface area (TPSA) is 84.2 Å². The SMILES string of the molecule is CCOC(=O)/C(C#N)=C1/C=CN(CCc2ccc(OC)c(OC)c2)C=N1. The monoisotopic (exact) mass is 355 g/mol. The minimum atomic E-state index is -0.662. The van der Waals surface area contributed by atoms with E-state index in [1.807, 2.05) is 29.2 Å². The second-order valence-corrected chi connectivity index (χ2v) is 5.33. The smallest absolute Gasteiger partial charge is 0.351 e. The van der Waals surface area contributed by atoms with Crippen molar-refractivity contribution in [1.82, 2.24) is 4.90 Å². The molecule has 1 aliphatic heterocycles. The molecular weight excluding hydrogens is 334 g/mol. The van der Waals surface area contributed by atoms with Crippen molar-refractivity contribution in [3.8, 4) is 17.6 Å². The van der Waals surface area contributed by atoms with Gasteiger partial charge in [-0.05, 0) is 37.1 Å². The Balaban J connectivity index is 2.01. The van der Waals surface area contributed by atoms with E-state index in [1.165, 1.54) is 0 Å². The molecule has 0 saturated carbocycles. The molecule has 136 valence electrons. The molecule has 0 aromatic heterocycles. The van der Waals surface area contributed by atoms with Crippen LogP contribution in [0.5, 0.6) is 11.5 Å². The molecule has 26 heavy (non-hydrogen) atoms. The summed E-state index contributed by atoms with van der Waals surface area (Å²) in [6.07, 6.45) is 5.76. The molecule has 0 amide bonds. The van der Waals surface area contributed by atoms with Crippen molar-refractivity contribution in [2.24, 2.45) is 4.99 Å².